The first-order valence-corrected chi connectivity index (χ1v) is 2.50. The predicted molar refractivity (Wildman–Crippen MR) is 32.8 cm³/mol. The number of carbonyl (C=O) groups excluding carboxylic acids is 1. The molecule has 0 bridgehead atoms. The molecule has 0 unspecified atom stereocenters. The molecule has 1 amide bonds. The minimum atomic E-state index is 0.671. The van der Waals surface area contributed by atoms with Gasteiger partial charge in [-0.15, -0.1) is 0 Å². The third-order valence-electron chi connectivity index (χ3n) is 1.04. The number of aryl methyl sites for hydroxylation is 1. The van der Waals surface area contributed by atoms with E-state index in [2.05, 4.69) is 5.32 Å². The van der Waals surface area contributed by atoms with Crippen molar-refractivity contribution < 1.29 is 9.21 Å². The van der Waals surface area contributed by atoms with Crippen molar-refractivity contribution in [1.82, 2.24) is 0 Å². The van der Waals surface area contributed by atoms with Crippen molar-refractivity contribution in [2.45, 2.75) is 6.92 Å². The van der Waals surface area contributed by atoms with E-state index < -0.39 is 0 Å². The van der Waals surface area contributed by atoms with Crippen molar-refractivity contribution in [3.63, 3.8) is 0 Å². The molecule has 1 aromatic rings. The molecule has 1 N–H and O–H groups in total. The zero-order valence-corrected chi connectivity index (χ0v) is 4.97. The number of nitrogens with one attached hydrogen (secondary N) is 1. The lowest BCUT2D eigenvalue weighted by Crippen LogP contribution is -1.92. The van der Waals surface area contributed by atoms with E-state index in [1.807, 2.05) is 6.92 Å². The lowest BCUT2D eigenvalue weighted by atomic mass is 10.3. The summed E-state index contributed by atoms with van der Waals surface area (Å²) in [4.78, 5) is 9.75. The monoisotopic (exact) mass is 124 g/mol. The molecule has 0 aromatic carbocycles. The Bertz CT molecular complexity index is 205. The third kappa shape index (κ3) is 1.10. The molecule has 1 radical (unpaired) electrons. The normalized spacial score (nSPS) is 9.00. The summed E-state index contributed by atoms with van der Waals surface area (Å²) in [6.45, 7) is 1.84. The Morgan fingerprint density at radius 1 is 1.67 bits per heavy atom. The van der Waals surface area contributed by atoms with Crippen LogP contribution in [0.3, 0.4) is 0 Å². The topological polar surface area (TPSA) is 42.2 Å². The van der Waals surface area contributed by atoms with Gasteiger partial charge in [0.15, 0.2) is 0 Å². The van der Waals surface area contributed by atoms with Gasteiger partial charge >= 0.3 is 6.41 Å². The fourth-order valence-electron chi connectivity index (χ4n) is 0.544. The molecule has 0 atom stereocenters. The second kappa shape index (κ2) is 2.35. The number of anilines is 1. The van der Waals surface area contributed by atoms with Crippen molar-refractivity contribution in [3.8, 4) is 0 Å². The van der Waals surface area contributed by atoms with Gasteiger partial charge in [0.2, 0.25) is 0 Å². The van der Waals surface area contributed by atoms with Gasteiger partial charge < -0.3 is 9.73 Å². The van der Waals surface area contributed by atoms with Crippen molar-refractivity contribution in [2.75, 3.05) is 5.32 Å². The van der Waals surface area contributed by atoms with E-state index >= 15 is 0 Å². The Hall–Kier alpha value is -1.25. The Morgan fingerprint density at radius 3 is 2.89 bits per heavy atom. The molecule has 0 saturated carbocycles. The first-order valence-electron chi connectivity index (χ1n) is 2.50. The molecule has 47 valence electrons. The van der Waals surface area contributed by atoms with E-state index in [4.69, 9.17) is 4.42 Å². The van der Waals surface area contributed by atoms with Crippen LogP contribution in [0.15, 0.2) is 16.9 Å². The second-order valence-corrected chi connectivity index (χ2v) is 1.70. The van der Waals surface area contributed by atoms with Crippen LogP contribution < -0.4 is 5.32 Å². The zero-order chi connectivity index (χ0) is 6.69. The van der Waals surface area contributed by atoms with Crippen LogP contribution in [0.1, 0.15) is 5.56 Å². The van der Waals surface area contributed by atoms with E-state index in [1.54, 1.807) is 12.7 Å². The van der Waals surface area contributed by atoms with E-state index in [0.29, 0.717) is 5.69 Å². The number of hydrogen-bond acceptors (Lipinski definition) is 2. The average Bonchev–Trinajstić information content (AvgIpc) is 2.18. The molecule has 3 heteroatoms. The van der Waals surface area contributed by atoms with Crippen LogP contribution in [0.4, 0.5) is 5.69 Å². The second-order valence-electron chi connectivity index (χ2n) is 1.70. The van der Waals surface area contributed by atoms with Crippen LogP contribution in [0.25, 0.3) is 0 Å². The fourth-order valence-corrected chi connectivity index (χ4v) is 0.544. The molecule has 0 aliphatic rings. The highest BCUT2D eigenvalue weighted by Crippen LogP contribution is 2.12. The molecule has 0 fully saturated rings. The van der Waals surface area contributed by atoms with E-state index in [1.165, 1.54) is 6.26 Å². The van der Waals surface area contributed by atoms with Crippen LogP contribution in [0.2, 0.25) is 0 Å². The lowest BCUT2D eigenvalue weighted by Gasteiger charge is -1.88. The lowest BCUT2D eigenvalue weighted by molar-refractivity contribution is 0.558. The maximum Gasteiger partial charge on any atom is 0.314 e. The Kier molecular flexibility index (Phi) is 1.53. The Balaban J connectivity index is 2.80. The minimum absolute atomic E-state index is 0.671. The van der Waals surface area contributed by atoms with Crippen LogP contribution in [-0.2, 0) is 4.79 Å². The smallest absolute Gasteiger partial charge is 0.314 e. The quantitative estimate of drug-likeness (QED) is 0.599. The molecule has 0 aliphatic carbocycles. The van der Waals surface area contributed by atoms with Crippen molar-refractivity contribution >= 4 is 12.1 Å². The van der Waals surface area contributed by atoms with Gasteiger partial charge in [-0.05, 0) is 6.92 Å². The number of rotatable bonds is 2. The largest absolute Gasteiger partial charge is 0.470 e. The van der Waals surface area contributed by atoms with Gasteiger partial charge in [0, 0.05) is 5.56 Å². The standard InChI is InChI=1S/C6H6NO2/c1-5-2-9-3-6(5)7-4-8/h2-3H,1H3,(H,7,8). The maximum atomic E-state index is 9.75. The molecular formula is C6H6NO2. The maximum absolute atomic E-state index is 9.75. The zero-order valence-electron chi connectivity index (χ0n) is 4.97. The SMILES string of the molecule is Cc1cocc1N[C]=O. The van der Waals surface area contributed by atoms with Crippen LogP contribution in [0.5, 0.6) is 0 Å². The number of amides is 1. The molecule has 1 heterocycles. The van der Waals surface area contributed by atoms with Crippen molar-refractivity contribution in [2.24, 2.45) is 0 Å². The Labute approximate surface area is 52.7 Å². The van der Waals surface area contributed by atoms with Gasteiger partial charge in [0.25, 0.3) is 0 Å². The van der Waals surface area contributed by atoms with Crippen LogP contribution in [-0.4, -0.2) is 6.41 Å². The van der Waals surface area contributed by atoms with Crippen molar-refractivity contribution in [3.05, 3.63) is 18.1 Å². The van der Waals surface area contributed by atoms with Crippen LogP contribution >= 0.6 is 0 Å². The predicted octanol–water partition coefficient (Wildman–Crippen LogP) is 1.07. The highest BCUT2D eigenvalue weighted by molar-refractivity contribution is 5.72. The highest BCUT2D eigenvalue weighted by Gasteiger charge is 1.96. The summed E-state index contributed by atoms with van der Waals surface area (Å²) < 4.78 is 4.76. The van der Waals surface area contributed by atoms with Gasteiger partial charge in [-0.1, -0.05) is 0 Å². The molecule has 0 spiro atoms. The summed E-state index contributed by atoms with van der Waals surface area (Å²) >= 11 is 0. The summed E-state index contributed by atoms with van der Waals surface area (Å²) in [6.07, 6.45) is 4.56. The van der Waals surface area contributed by atoms with Gasteiger partial charge in [-0.2, -0.15) is 0 Å². The molecular weight excluding hydrogens is 118 g/mol. The van der Waals surface area contributed by atoms with Crippen LogP contribution in [0, 0.1) is 6.92 Å². The highest BCUT2D eigenvalue weighted by atomic mass is 16.3. The van der Waals surface area contributed by atoms with Gasteiger partial charge in [-0.3, -0.25) is 4.79 Å². The summed E-state index contributed by atoms with van der Waals surface area (Å²) in [7, 11) is 0. The average molecular weight is 124 g/mol. The molecule has 9 heavy (non-hydrogen) atoms. The van der Waals surface area contributed by atoms with E-state index in [-0.39, 0.29) is 0 Å². The van der Waals surface area contributed by atoms with E-state index in [9.17, 15) is 4.79 Å². The molecule has 0 saturated heterocycles. The summed E-state index contributed by atoms with van der Waals surface area (Å²) in [5.74, 6) is 0. The third-order valence-corrected chi connectivity index (χ3v) is 1.04. The molecule has 3 nitrogen and oxygen atoms in total. The Morgan fingerprint density at radius 2 is 2.44 bits per heavy atom. The minimum Gasteiger partial charge on any atom is -0.470 e. The number of furan rings is 1. The van der Waals surface area contributed by atoms with Gasteiger partial charge in [0.1, 0.15) is 6.26 Å². The summed E-state index contributed by atoms with van der Waals surface area (Å²) in [5, 5.41) is 2.36. The summed E-state index contributed by atoms with van der Waals surface area (Å²) in [6, 6.07) is 0. The van der Waals surface area contributed by atoms with Crippen molar-refractivity contribution in [1.29, 1.82) is 0 Å². The first-order chi connectivity index (χ1) is 4.34. The first kappa shape index (κ1) is 5.88. The van der Waals surface area contributed by atoms with E-state index in [0.717, 1.165) is 5.56 Å². The fraction of sp³-hybridized carbons (Fsp3) is 0.167. The molecule has 0 aliphatic heterocycles. The van der Waals surface area contributed by atoms with Gasteiger partial charge in [0.05, 0.1) is 12.0 Å². The summed E-state index contributed by atoms with van der Waals surface area (Å²) in [5.41, 5.74) is 1.57. The molecule has 1 aromatic heterocycles. The number of hydrogen-bond donors (Lipinski definition) is 1. The molecule has 1 rings (SSSR count). The van der Waals surface area contributed by atoms with Gasteiger partial charge in [-0.25, -0.2) is 0 Å².